The first-order chi connectivity index (χ1) is 17.2. The molecule has 2 atom stereocenters. The van der Waals surface area contributed by atoms with Crippen LogP contribution in [0, 0.1) is 0 Å². The molecule has 6 nitrogen and oxygen atoms in total. The molecule has 1 aliphatic heterocycles. The molecule has 2 aromatic heterocycles. The predicted octanol–water partition coefficient (Wildman–Crippen LogP) is 4.64. The van der Waals surface area contributed by atoms with Gasteiger partial charge in [-0.15, -0.1) is 0 Å². The van der Waals surface area contributed by atoms with Gasteiger partial charge in [-0.3, -0.25) is 4.98 Å². The van der Waals surface area contributed by atoms with Gasteiger partial charge in [0.15, 0.2) is 0 Å². The minimum absolute atomic E-state index is 0.130. The molecular weight excluding hydrogens is 438 g/mol. The lowest BCUT2D eigenvalue weighted by molar-refractivity contribution is -0.0348. The highest BCUT2D eigenvalue weighted by atomic mass is 16.5. The largest absolute Gasteiger partial charge is 0.475 e. The van der Waals surface area contributed by atoms with Gasteiger partial charge in [0, 0.05) is 49.0 Å². The minimum atomic E-state index is -0.576. The summed E-state index contributed by atoms with van der Waals surface area (Å²) in [7, 11) is 0. The van der Waals surface area contributed by atoms with E-state index in [1.165, 1.54) is 0 Å². The van der Waals surface area contributed by atoms with E-state index < -0.39 is 6.10 Å². The molecule has 1 aliphatic rings. The van der Waals surface area contributed by atoms with Gasteiger partial charge in [0.25, 0.3) is 0 Å². The fourth-order valence-electron chi connectivity index (χ4n) is 4.59. The van der Waals surface area contributed by atoms with Crippen molar-refractivity contribution in [2.45, 2.75) is 31.2 Å². The normalized spacial score (nSPS) is 16.7. The molecule has 1 fully saturated rings. The van der Waals surface area contributed by atoms with Crippen LogP contribution in [0.5, 0.6) is 5.88 Å². The van der Waals surface area contributed by atoms with Gasteiger partial charge >= 0.3 is 0 Å². The number of benzene rings is 2. The second kappa shape index (κ2) is 11.4. The number of aromatic nitrogens is 2. The number of nitrogens with zero attached hydrogens (tertiary/aromatic N) is 3. The van der Waals surface area contributed by atoms with E-state index >= 15 is 0 Å². The van der Waals surface area contributed by atoms with E-state index in [4.69, 9.17) is 9.47 Å². The molecule has 0 radical (unpaired) electrons. The Hall–Kier alpha value is -3.32. The van der Waals surface area contributed by atoms with Crippen molar-refractivity contribution in [3.05, 3.63) is 102 Å². The molecule has 0 amide bonds. The first kappa shape index (κ1) is 23.4. The molecular formula is C29H31N3O3. The summed E-state index contributed by atoms with van der Waals surface area (Å²) in [5.41, 5.74) is 3.09. The molecule has 0 bridgehead atoms. The van der Waals surface area contributed by atoms with Crippen LogP contribution in [0.25, 0.3) is 10.9 Å². The van der Waals surface area contributed by atoms with Crippen molar-refractivity contribution in [3.8, 4) is 5.88 Å². The van der Waals surface area contributed by atoms with Gasteiger partial charge < -0.3 is 19.5 Å². The highest BCUT2D eigenvalue weighted by Crippen LogP contribution is 2.29. The molecule has 1 N–H and O–H groups in total. The Balaban J connectivity index is 1.11. The summed E-state index contributed by atoms with van der Waals surface area (Å²) in [5.74, 6) is 0.539. The molecule has 0 aliphatic carbocycles. The van der Waals surface area contributed by atoms with E-state index in [1.54, 1.807) is 6.20 Å². The number of hydrogen-bond acceptors (Lipinski definition) is 6. The number of rotatable bonds is 9. The molecule has 5 rings (SSSR count). The lowest BCUT2D eigenvalue weighted by Crippen LogP contribution is -2.42. The number of aliphatic hydroxyl groups excluding tert-OH is 1. The van der Waals surface area contributed by atoms with Gasteiger partial charge in [-0.25, -0.2) is 4.98 Å². The van der Waals surface area contributed by atoms with E-state index in [-0.39, 0.29) is 18.8 Å². The number of ether oxygens (including phenoxy) is 2. The third-order valence-electron chi connectivity index (χ3n) is 6.42. The van der Waals surface area contributed by atoms with Crippen LogP contribution in [0.3, 0.4) is 0 Å². The Morgan fingerprint density at radius 2 is 1.66 bits per heavy atom. The first-order valence-corrected chi connectivity index (χ1v) is 12.2. The zero-order chi connectivity index (χ0) is 23.9. The number of likely N-dealkylation sites (tertiary alicyclic amines) is 1. The third kappa shape index (κ3) is 6.22. The predicted molar refractivity (Wildman–Crippen MR) is 136 cm³/mol. The van der Waals surface area contributed by atoms with Crippen LogP contribution in [0.4, 0.5) is 0 Å². The second-order valence-electron chi connectivity index (χ2n) is 9.02. The zero-order valence-electron chi connectivity index (χ0n) is 19.7. The molecule has 6 heteroatoms. The van der Waals surface area contributed by atoms with Crippen LogP contribution >= 0.6 is 0 Å². The first-order valence-electron chi connectivity index (χ1n) is 12.2. The topological polar surface area (TPSA) is 67.7 Å². The maximum atomic E-state index is 10.6. The van der Waals surface area contributed by atoms with Crippen molar-refractivity contribution < 1.29 is 14.6 Å². The van der Waals surface area contributed by atoms with E-state index in [1.807, 2.05) is 66.9 Å². The van der Waals surface area contributed by atoms with Crippen molar-refractivity contribution in [2.75, 3.05) is 26.2 Å². The maximum absolute atomic E-state index is 10.6. The number of β-amino-alcohol motifs (C(OH)–C–C–N with tert-alkyl or cyclic N) is 1. The molecule has 2 aromatic carbocycles. The summed E-state index contributed by atoms with van der Waals surface area (Å²) in [5, 5.41) is 11.6. The van der Waals surface area contributed by atoms with E-state index in [0.29, 0.717) is 12.4 Å². The van der Waals surface area contributed by atoms with Gasteiger partial charge in [0.2, 0.25) is 5.88 Å². The van der Waals surface area contributed by atoms with Crippen molar-refractivity contribution in [1.82, 2.24) is 14.9 Å². The monoisotopic (exact) mass is 469 g/mol. The molecule has 3 heterocycles. The zero-order valence-corrected chi connectivity index (χ0v) is 19.7. The molecule has 0 spiro atoms. The fourth-order valence-corrected chi connectivity index (χ4v) is 4.59. The highest BCUT2D eigenvalue weighted by molar-refractivity contribution is 5.78. The Morgan fingerprint density at radius 3 is 2.46 bits per heavy atom. The van der Waals surface area contributed by atoms with E-state index in [0.717, 1.165) is 48.0 Å². The van der Waals surface area contributed by atoms with Crippen molar-refractivity contribution in [2.24, 2.45) is 0 Å². The van der Waals surface area contributed by atoms with Crippen molar-refractivity contribution in [1.29, 1.82) is 0 Å². The Labute approximate surface area is 206 Å². The van der Waals surface area contributed by atoms with Crippen molar-refractivity contribution >= 4 is 10.9 Å². The molecule has 35 heavy (non-hydrogen) atoms. The Kier molecular flexibility index (Phi) is 7.63. The Morgan fingerprint density at radius 1 is 0.886 bits per heavy atom. The molecule has 2 unspecified atom stereocenters. The van der Waals surface area contributed by atoms with Crippen LogP contribution in [-0.4, -0.2) is 58.4 Å². The summed E-state index contributed by atoms with van der Waals surface area (Å²) < 4.78 is 12.4. The van der Waals surface area contributed by atoms with Crippen LogP contribution < -0.4 is 4.74 Å². The summed E-state index contributed by atoms with van der Waals surface area (Å²) in [6, 6.07) is 26.1. The summed E-state index contributed by atoms with van der Waals surface area (Å²) in [4.78, 5) is 11.1. The van der Waals surface area contributed by atoms with E-state index in [2.05, 4.69) is 33.1 Å². The fraction of sp³-hybridized carbons (Fsp3) is 0.310. The second-order valence-corrected chi connectivity index (χ2v) is 9.02. The van der Waals surface area contributed by atoms with Gasteiger partial charge in [0.1, 0.15) is 18.8 Å². The lowest BCUT2D eigenvalue weighted by atomic mass is 10.0. The average Bonchev–Trinajstić information content (AvgIpc) is 2.92. The van der Waals surface area contributed by atoms with Gasteiger partial charge in [0.05, 0.1) is 11.6 Å². The van der Waals surface area contributed by atoms with Crippen LogP contribution in [0.1, 0.15) is 30.1 Å². The number of aliphatic hydroxyl groups is 1. The number of hydrogen-bond donors (Lipinski definition) is 1. The van der Waals surface area contributed by atoms with Gasteiger partial charge in [-0.2, -0.15) is 0 Å². The van der Waals surface area contributed by atoms with Crippen LogP contribution in [0.15, 0.2) is 91.3 Å². The number of para-hydroxylation sites is 1. The van der Waals surface area contributed by atoms with Crippen LogP contribution in [0.2, 0.25) is 0 Å². The number of pyridine rings is 2. The molecule has 180 valence electrons. The summed E-state index contributed by atoms with van der Waals surface area (Å²) in [6.07, 6.45) is 4.96. The number of piperidine rings is 1. The maximum Gasteiger partial charge on any atom is 0.213 e. The van der Waals surface area contributed by atoms with Gasteiger partial charge in [-0.05, 0) is 36.6 Å². The third-order valence-corrected chi connectivity index (χ3v) is 6.42. The van der Waals surface area contributed by atoms with Gasteiger partial charge in [-0.1, -0.05) is 54.6 Å². The highest BCUT2D eigenvalue weighted by Gasteiger charge is 2.26. The summed E-state index contributed by atoms with van der Waals surface area (Å²) in [6.45, 7) is 2.55. The molecule has 4 aromatic rings. The smallest absolute Gasteiger partial charge is 0.213 e. The summed E-state index contributed by atoms with van der Waals surface area (Å²) >= 11 is 0. The lowest BCUT2D eigenvalue weighted by Gasteiger charge is -2.35. The van der Waals surface area contributed by atoms with Crippen LogP contribution in [-0.2, 0) is 4.74 Å². The quantitative estimate of drug-likeness (QED) is 0.385. The molecule has 0 saturated carbocycles. The minimum Gasteiger partial charge on any atom is -0.475 e. The van der Waals surface area contributed by atoms with E-state index in [9.17, 15) is 5.11 Å². The molecule has 1 saturated heterocycles. The standard InChI is InChI=1S/C29H31N3O3/c33-25(21-34-28-13-12-22-7-4-5-11-27(22)31-28)20-32-17-14-26(15-18-32)35-29(23-8-2-1-3-9-23)24-10-6-16-30-19-24/h1-13,16,19,25-26,29,33H,14-15,17-18,20-21H2. The number of fused-ring (bicyclic) bond motifs is 1. The Bertz CT molecular complexity index is 1160. The van der Waals surface area contributed by atoms with Crippen molar-refractivity contribution in [3.63, 3.8) is 0 Å². The average molecular weight is 470 g/mol. The SMILES string of the molecule is OC(COc1ccc2ccccc2n1)CN1CCC(OC(c2ccccc2)c2cccnc2)CC1.